The number of carbonyl (C=O) groups is 2. The van der Waals surface area contributed by atoms with E-state index in [9.17, 15) is 14.0 Å². The Morgan fingerprint density at radius 3 is 2.50 bits per heavy atom. The van der Waals surface area contributed by atoms with Crippen LogP contribution in [-0.4, -0.2) is 43.0 Å². The van der Waals surface area contributed by atoms with Crippen molar-refractivity contribution in [2.24, 2.45) is 5.92 Å². The second kappa shape index (κ2) is 9.71. The zero-order valence-corrected chi connectivity index (χ0v) is 17.6. The molecule has 1 atom stereocenters. The molecule has 0 aliphatic carbocycles. The average Bonchev–Trinajstić information content (AvgIpc) is 2.76. The monoisotopic (exact) mass is 413 g/mol. The smallest absolute Gasteiger partial charge is 0.241 e. The Bertz CT molecular complexity index is 910. The molecule has 1 fully saturated rings. The zero-order chi connectivity index (χ0) is 21.7. The number of aryl methyl sites for hydroxylation is 1. The number of hydrogen-bond donors (Lipinski definition) is 2. The first-order valence-corrected chi connectivity index (χ1v) is 10.1. The van der Waals surface area contributed by atoms with Gasteiger partial charge in [0.15, 0.2) is 0 Å². The molecule has 1 aliphatic heterocycles. The third kappa shape index (κ3) is 5.16. The molecule has 30 heavy (non-hydrogen) atoms. The number of halogens is 1. The summed E-state index contributed by atoms with van der Waals surface area (Å²) in [4.78, 5) is 27.3. The van der Waals surface area contributed by atoms with Gasteiger partial charge in [-0.15, -0.1) is 0 Å². The molecular weight excluding hydrogens is 385 g/mol. The van der Waals surface area contributed by atoms with Gasteiger partial charge >= 0.3 is 0 Å². The van der Waals surface area contributed by atoms with Gasteiger partial charge in [-0.05, 0) is 69.6 Å². The van der Waals surface area contributed by atoms with Gasteiger partial charge in [0.2, 0.25) is 11.8 Å². The zero-order valence-electron chi connectivity index (χ0n) is 17.6. The summed E-state index contributed by atoms with van der Waals surface area (Å²) in [6.45, 7) is 4.79. The van der Waals surface area contributed by atoms with Gasteiger partial charge in [0.1, 0.15) is 11.6 Å². The number of para-hydroxylation sites is 2. The number of methoxy groups -OCH3 is 1. The lowest BCUT2D eigenvalue weighted by Crippen LogP contribution is -2.47. The van der Waals surface area contributed by atoms with Gasteiger partial charge in [-0.1, -0.05) is 18.2 Å². The third-order valence-corrected chi connectivity index (χ3v) is 5.63. The predicted molar refractivity (Wildman–Crippen MR) is 115 cm³/mol. The molecule has 0 aromatic heterocycles. The number of carbonyl (C=O) groups excluding carboxylic acids is 2. The van der Waals surface area contributed by atoms with Crippen LogP contribution in [0.1, 0.15) is 25.3 Å². The maximum Gasteiger partial charge on any atom is 0.241 e. The predicted octanol–water partition coefficient (Wildman–Crippen LogP) is 3.82. The molecular formula is C23H28FN3O3. The number of benzene rings is 2. The summed E-state index contributed by atoms with van der Waals surface area (Å²) >= 11 is 0. The van der Waals surface area contributed by atoms with E-state index in [-0.39, 0.29) is 29.6 Å². The Morgan fingerprint density at radius 2 is 1.83 bits per heavy atom. The van der Waals surface area contributed by atoms with Crippen molar-refractivity contribution in [2.45, 2.75) is 32.7 Å². The molecule has 7 heteroatoms. The van der Waals surface area contributed by atoms with E-state index in [1.54, 1.807) is 32.2 Å². The van der Waals surface area contributed by atoms with Crippen LogP contribution in [0.3, 0.4) is 0 Å². The molecule has 0 spiro atoms. The molecule has 2 amide bonds. The van der Waals surface area contributed by atoms with Gasteiger partial charge < -0.3 is 15.4 Å². The fraction of sp³-hybridized carbons (Fsp3) is 0.391. The van der Waals surface area contributed by atoms with Crippen LogP contribution >= 0.6 is 0 Å². The molecule has 0 radical (unpaired) electrons. The summed E-state index contributed by atoms with van der Waals surface area (Å²) in [5, 5.41) is 5.72. The van der Waals surface area contributed by atoms with E-state index in [2.05, 4.69) is 10.6 Å². The van der Waals surface area contributed by atoms with Crippen LogP contribution in [0.2, 0.25) is 0 Å². The first-order valence-electron chi connectivity index (χ1n) is 10.1. The highest BCUT2D eigenvalue weighted by atomic mass is 19.1. The van der Waals surface area contributed by atoms with Gasteiger partial charge in [-0.3, -0.25) is 14.5 Å². The van der Waals surface area contributed by atoms with Crippen LogP contribution in [0.15, 0.2) is 42.5 Å². The van der Waals surface area contributed by atoms with Crippen LogP contribution < -0.4 is 15.4 Å². The van der Waals surface area contributed by atoms with Gasteiger partial charge in [0.25, 0.3) is 0 Å². The minimum atomic E-state index is -0.368. The van der Waals surface area contributed by atoms with Crippen LogP contribution in [0.4, 0.5) is 15.8 Å². The molecule has 3 rings (SSSR count). The highest BCUT2D eigenvalue weighted by Gasteiger charge is 2.30. The van der Waals surface area contributed by atoms with Crippen molar-refractivity contribution >= 4 is 23.2 Å². The van der Waals surface area contributed by atoms with E-state index in [4.69, 9.17) is 4.74 Å². The van der Waals surface area contributed by atoms with E-state index in [0.717, 1.165) is 0 Å². The lowest BCUT2D eigenvalue weighted by Gasteiger charge is -2.34. The van der Waals surface area contributed by atoms with Gasteiger partial charge in [0.05, 0.1) is 18.8 Å². The summed E-state index contributed by atoms with van der Waals surface area (Å²) in [6.07, 6.45) is 1.33. The first-order chi connectivity index (χ1) is 14.4. The van der Waals surface area contributed by atoms with Crippen molar-refractivity contribution < 1.29 is 18.7 Å². The summed E-state index contributed by atoms with van der Waals surface area (Å²) in [5.41, 5.74) is 1.64. The first kappa shape index (κ1) is 21.8. The topological polar surface area (TPSA) is 70.7 Å². The number of nitrogens with one attached hydrogen (secondary N) is 2. The van der Waals surface area contributed by atoms with E-state index in [1.807, 2.05) is 30.0 Å². The number of nitrogens with zero attached hydrogens (tertiary/aromatic N) is 1. The number of rotatable bonds is 6. The van der Waals surface area contributed by atoms with Gasteiger partial charge in [0, 0.05) is 11.6 Å². The van der Waals surface area contributed by atoms with Crippen LogP contribution in [0.25, 0.3) is 0 Å². The van der Waals surface area contributed by atoms with E-state index >= 15 is 0 Å². The SMILES string of the molecule is COc1ccccc1NC(=O)C1CCN(C(C)C(=O)Nc2ccc(C)c(F)c2)CC1. The fourth-order valence-corrected chi connectivity index (χ4v) is 3.61. The van der Waals surface area contributed by atoms with E-state index in [1.165, 1.54) is 6.07 Å². The maximum atomic E-state index is 13.7. The highest BCUT2D eigenvalue weighted by molar-refractivity contribution is 5.95. The molecule has 160 valence electrons. The summed E-state index contributed by atoms with van der Waals surface area (Å²) in [5.74, 6) is -0.0578. The summed E-state index contributed by atoms with van der Waals surface area (Å²) in [6, 6.07) is 11.6. The summed E-state index contributed by atoms with van der Waals surface area (Å²) in [7, 11) is 1.57. The number of piperidine rings is 1. The lowest BCUT2D eigenvalue weighted by atomic mass is 9.94. The standard InChI is InChI=1S/C23H28FN3O3/c1-15-8-9-18(14-19(15)24)25-22(28)16(2)27-12-10-17(11-13-27)23(29)26-20-6-4-5-7-21(20)30-3/h4-9,14,16-17H,10-13H2,1-3H3,(H,25,28)(H,26,29). The van der Waals surface area contributed by atoms with Crippen molar-refractivity contribution in [3.8, 4) is 5.75 Å². The molecule has 6 nitrogen and oxygen atoms in total. The minimum Gasteiger partial charge on any atom is -0.495 e. The van der Waals surface area contributed by atoms with Crippen molar-refractivity contribution in [1.82, 2.24) is 4.90 Å². The van der Waals surface area contributed by atoms with E-state index in [0.29, 0.717) is 48.6 Å². The van der Waals surface area contributed by atoms with Crippen LogP contribution in [0.5, 0.6) is 5.75 Å². The third-order valence-electron chi connectivity index (χ3n) is 5.63. The molecule has 2 aromatic carbocycles. The van der Waals surface area contributed by atoms with Gasteiger partial charge in [-0.2, -0.15) is 0 Å². The van der Waals surface area contributed by atoms with Gasteiger partial charge in [-0.25, -0.2) is 4.39 Å². The number of anilines is 2. The molecule has 1 aliphatic rings. The summed E-state index contributed by atoms with van der Waals surface area (Å²) < 4.78 is 19.0. The Morgan fingerprint density at radius 1 is 1.13 bits per heavy atom. The molecule has 0 bridgehead atoms. The van der Waals surface area contributed by atoms with Crippen molar-refractivity contribution in [1.29, 1.82) is 0 Å². The van der Waals surface area contributed by atoms with Crippen molar-refractivity contribution in [3.63, 3.8) is 0 Å². The second-order valence-electron chi connectivity index (χ2n) is 7.63. The molecule has 2 N–H and O–H groups in total. The van der Waals surface area contributed by atoms with Crippen LogP contribution in [0, 0.1) is 18.7 Å². The van der Waals surface area contributed by atoms with Crippen molar-refractivity contribution in [2.75, 3.05) is 30.8 Å². The Labute approximate surface area is 176 Å². The Hall–Kier alpha value is -2.93. The largest absolute Gasteiger partial charge is 0.495 e. The molecule has 1 unspecified atom stereocenters. The Kier molecular flexibility index (Phi) is 7.05. The van der Waals surface area contributed by atoms with Crippen LogP contribution in [-0.2, 0) is 9.59 Å². The normalized spacial score (nSPS) is 16.0. The second-order valence-corrected chi connectivity index (χ2v) is 7.63. The molecule has 0 saturated carbocycles. The minimum absolute atomic E-state index is 0.0358. The average molecular weight is 413 g/mol. The molecule has 1 heterocycles. The lowest BCUT2D eigenvalue weighted by molar-refractivity contribution is -0.123. The van der Waals surface area contributed by atoms with E-state index < -0.39 is 0 Å². The molecule has 2 aromatic rings. The maximum absolute atomic E-state index is 13.7. The quantitative estimate of drug-likeness (QED) is 0.755. The number of hydrogen-bond acceptors (Lipinski definition) is 4. The molecule has 1 saturated heterocycles. The number of ether oxygens (including phenoxy) is 1. The number of likely N-dealkylation sites (tertiary alicyclic amines) is 1. The number of amides is 2. The van der Waals surface area contributed by atoms with Crippen molar-refractivity contribution in [3.05, 3.63) is 53.8 Å². The fourth-order valence-electron chi connectivity index (χ4n) is 3.61. The Balaban J connectivity index is 1.52. The highest BCUT2D eigenvalue weighted by Crippen LogP contribution is 2.26.